The maximum absolute atomic E-state index is 13.7. The molecule has 0 amide bonds. The number of hydrogen-bond acceptors (Lipinski definition) is 3. The Kier molecular flexibility index (Phi) is 5.47. The van der Waals surface area contributed by atoms with Crippen LogP contribution in [0.15, 0.2) is 81.8 Å². The highest BCUT2D eigenvalue weighted by molar-refractivity contribution is 6.31. The van der Waals surface area contributed by atoms with Crippen LogP contribution >= 0.6 is 11.6 Å². The third-order valence-corrected chi connectivity index (χ3v) is 8.84. The number of rotatable bonds is 3. The van der Waals surface area contributed by atoms with Gasteiger partial charge in [-0.1, -0.05) is 89.5 Å². The monoisotopic (exact) mass is 525 g/mol. The Labute approximate surface area is 230 Å². The highest BCUT2D eigenvalue weighted by Crippen LogP contribution is 2.68. The summed E-state index contributed by atoms with van der Waals surface area (Å²) in [5, 5.41) is 1.96. The fourth-order valence-corrected chi connectivity index (χ4v) is 6.42. The van der Waals surface area contributed by atoms with E-state index >= 15 is 0 Å². The van der Waals surface area contributed by atoms with Gasteiger partial charge in [0, 0.05) is 45.2 Å². The predicted octanol–water partition coefficient (Wildman–Crippen LogP) is 8.88. The molecule has 0 radical (unpaired) electrons. The zero-order chi connectivity index (χ0) is 27.2. The number of halogens is 1. The van der Waals surface area contributed by atoms with E-state index in [0.717, 1.165) is 62.7 Å². The molecule has 2 fully saturated rings. The number of nitrogens with zero attached hydrogens (tertiary/aromatic N) is 1. The number of fused-ring (bicyclic) bond motifs is 1. The first-order chi connectivity index (χ1) is 17.8. The molecule has 3 nitrogen and oxygen atoms in total. The van der Waals surface area contributed by atoms with Gasteiger partial charge in [0.2, 0.25) is 0 Å². The van der Waals surface area contributed by atoms with E-state index in [0.29, 0.717) is 5.92 Å². The summed E-state index contributed by atoms with van der Waals surface area (Å²) in [5.41, 5.74) is 6.57. The highest BCUT2D eigenvalue weighted by Gasteiger charge is 2.71. The number of furan rings is 1. The van der Waals surface area contributed by atoms with Crippen molar-refractivity contribution in [2.45, 2.75) is 66.3 Å². The lowest BCUT2D eigenvalue weighted by atomic mass is 9.71. The van der Waals surface area contributed by atoms with Gasteiger partial charge >= 0.3 is 0 Å². The zero-order valence-corrected chi connectivity index (χ0v) is 24.2. The van der Waals surface area contributed by atoms with E-state index in [1.165, 1.54) is 5.56 Å². The van der Waals surface area contributed by atoms with Crippen molar-refractivity contribution < 1.29 is 9.21 Å². The number of benzene rings is 2. The molecule has 4 heteroatoms. The molecule has 1 spiro atoms. The second-order valence-electron chi connectivity index (χ2n) is 13.3. The molecule has 3 aliphatic rings. The Hall–Kier alpha value is -3.04. The highest BCUT2D eigenvalue weighted by atomic mass is 35.5. The van der Waals surface area contributed by atoms with Gasteiger partial charge in [-0.05, 0) is 54.0 Å². The summed E-state index contributed by atoms with van der Waals surface area (Å²) in [4.78, 5) is 16.2. The molecule has 2 aliphatic carbocycles. The topological polar surface area (TPSA) is 33.2 Å². The molecule has 1 aliphatic heterocycles. The number of hydrogen-bond donors (Lipinski definition) is 0. The Balaban J connectivity index is 1.57. The van der Waals surface area contributed by atoms with Gasteiger partial charge in [-0.2, -0.15) is 0 Å². The van der Waals surface area contributed by atoms with Crippen molar-refractivity contribution in [2.24, 2.45) is 10.8 Å². The normalized spacial score (nSPS) is 23.2. The van der Waals surface area contributed by atoms with E-state index in [-0.39, 0.29) is 22.2 Å². The third-order valence-electron chi connectivity index (χ3n) is 8.50. The fraction of sp³-hybridized carbons (Fsp3) is 0.382. The summed E-state index contributed by atoms with van der Waals surface area (Å²) in [6.45, 7) is 15.8. The number of Topliss-reactive ketones (excluding diaryl/α,β-unsaturated/α-hetero) is 1. The molecule has 1 saturated carbocycles. The molecule has 2 aromatic carbocycles. The number of aryl methyl sites for hydroxylation is 1. The van der Waals surface area contributed by atoms with Crippen LogP contribution < -0.4 is 0 Å². The summed E-state index contributed by atoms with van der Waals surface area (Å²) in [7, 11) is 0. The third kappa shape index (κ3) is 3.90. The van der Waals surface area contributed by atoms with Crippen molar-refractivity contribution in [3.8, 4) is 0 Å². The lowest BCUT2D eigenvalue weighted by Crippen LogP contribution is -2.28. The van der Waals surface area contributed by atoms with Crippen LogP contribution in [0, 0.1) is 17.8 Å². The number of carbonyl (C=O) groups is 1. The summed E-state index contributed by atoms with van der Waals surface area (Å²) < 4.78 is 6.60. The van der Waals surface area contributed by atoms with Crippen LogP contribution in [0.25, 0.3) is 16.7 Å². The molecule has 6 rings (SSSR count). The molecule has 1 saturated heterocycles. The Morgan fingerprint density at radius 1 is 0.947 bits per heavy atom. The lowest BCUT2D eigenvalue weighted by molar-refractivity contribution is -0.114. The first-order valence-electron chi connectivity index (χ1n) is 13.6. The number of ketones is 1. The van der Waals surface area contributed by atoms with Crippen LogP contribution in [-0.4, -0.2) is 22.8 Å². The van der Waals surface area contributed by atoms with E-state index in [9.17, 15) is 4.79 Å². The molecule has 3 aromatic rings. The van der Waals surface area contributed by atoms with Crippen LogP contribution in [0.1, 0.15) is 70.8 Å². The first kappa shape index (κ1) is 25.2. The average Bonchev–Trinajstić information content (AvgIpc) is 3.72. The number of para-hydroxylation sites is 1. The van der Waals surface area contributed by atoms with E-state index < -0.39 is 0 Å². The summed E-state index contributed by atoms with van der Waals surface area (Å²) in [6.07, 6.45) is 5.31. The molecule has 2 unspecified atom stereocenters. The van der Waals surface area contributed by atoms with Crippen molar-refractivity contribution in [3.05, 3.63) is 99.3 Å². The zero-order valence-electron chi connectivity index (χ0n) is 23.4. The molecule has 1 aromatic heterocycles. The molecule has 196 valence electrons. The molecular weight excluding hydrogens is 490 g/mol. The van der Waals surface area contributed by atoms with Crippen molar-refractivity contribution >= 4 is 34.1 Å². The Morgan fingerprint density at radius 3 is 2.16 bits per heavy atom. The summed E-state index contributed by atoms with van der Waals surface area (Å²) in [5.74, 6) is 1.43. The van der Waals surface area contributed by atoms with Gasteiger partial charge in [-0.15, -0.1) is 0 Å². The quantitative estimate of drug-likeness (QED) is 0.320. The molecule has 0 N–H and O–H groups in total. The van der Waals surface area contributed by atoms with Crippen molar-refractivity contribution in [1.82, 2.24) is 4.90 Å². The minimum absolute atomic E-state index is 0.0473. The van der Waals surface area contributed by atoms with Crippen LogP contribution in [0.2, 0.25) is 5.02 Å². The van der Waals surface area contributed by atoms with Gasteiger partial charge in [-0.3, -0.25) is 4.79 Å². The van der Waals surface area contributed by atoms with E-state index in [1.54, 1.807) is 0 Å². The maximum atomic E-state index is 13.7. The van der Waals surface area contributed by atoms with Gasteiger partial charge in [0.05, 0.1) is 11.2 Å². The molecule has 2 atom stereocenters. The number of allylic oxidation sites excluding steroid dienone is 5. The van der Waals surface area contributed by atoms with E-state index in [4.69, 9.17) is 16.0 Å². The smallest absolute Gasteiger partial charge is 0.186 e. The van der Waals surface area contributed by atoms with Crippen LogP contribution in [-0.2, 0) is 4.79 Å². The van der Waals surface area contributed by atoms with Gasteiger partial charge in [-0.25, -0.2) is 0 Å². The average molecular weight is 526 g/mol. The van der Waals surface area contributed by atoms with Gasteiger partial charge < -0.3 is 9.32 Å². The van der Waals surface area contributed by atoms with Crippen LogP contribution in [0.5, 0.6) is 0 Å². The predicted molar refractivity (Wildman–Crippen MR) is 156 cm³/mol. The summed E-state index contributed by atoms with van der Waals surface area (Å²) in [6, 6.07) is 16.5. The molecule has 0 bridgehead atoms. The van der Waals surface area contributed by atoms with Crippen molar-refractivity contribution in [3.63, 3.8) is 0 Å². The Bertz CT molecular complexity index is 1550. The second-order valence-corrected chi connectivity index (χ2v) is 13.7. The van der Waals surface area contributed by atoms with Crippen LogP contribution in [0.3, 0.4) is 0 Å². The van der Waals surface area contributed by atoms with E-state index in [2.05, 4.69) is 89.8 Å². The van der Waals surface area contributed by atoms with Gasteiger partial charge in [0.1, 0.15) is 5.58 Å². The lowest BCUT2D eigenvalue weighted by Gasteiger charge is -2.32. The Morgan fingerprint density at radius 2 is 1.55 bits per heavy atom. The van der Waals surface area contributed by atoms with Crippen molar-refractivity contribution in [2.75, 3.05) is 6.54 Å². The minimum atomic E-state index is -0.280. The maximum Gasteiger partial charge on any atom is 0.186 e. The van der Waals surface area contributed by atoms with E-state index in [1.807, 2.05) is 24.3 Å². The molecule has 38 heavy (non-hydrogen) atoms. The SMILES string of the molecule is Cc1c(C(=C2C=C(C(C)(C)C)C(=O)C(C(C)(C)C)=C2)N2CC23CC3c2ccccc2Cl)oc2ccccc12. The molecule has 2 heterocycles. The fourth-order valence-electron chi connectivity index (χ4n) is 6.15. The first-order valence-corrected chi connectivity index (χ1v) is 13.9. The minimum Gasteiger partial charge on any atom is -0.454 e. The number of carbonyl (C=O) groups excluding carboxylic acids is 1. The largest absolute Gasteiger partial charge is 0.454 e. The van der Waals surface area contributed by atoms with Crippen LogP contribution in [0.4, 0.5) is 0 Å². The molecular formula is C34H36ClNO2. The summed E-state index contributed by atoms with van der Waals surface area (Å²) >= 11 is 6.64. The second kappa shape index (κ2) is 8.23. The van der Waals surface area contributed by atoms with Gasteiger partial charge in [0.15, 0.2) is 11.5 Å². The van der Waals surface area contributed by atoms with Crippen molar-refractivity contribution in [1.29, 1.82) is 0 Å². The standard InChI is InChI=1S/C34H36ClNO2/c1-20-22-12-9-11-15-28(22)38-31(20)29(36-19-34(36)18-26(34)23-13-8-10-14-27(23)35)21-16-24(32(2,3)4)30(37)25(17-21)33(5,6)7/h8-17,26H,18-19H2,1-7H3. The van der Waals surface area contributed by atoms with Gasteiger partial charge in [0.25, 0.3) is 0 Å².